The number of nitrogens with one attached hydrogen (secondary N) is 2. The highest BCUT2D eigenvalue weighted by molar-refractivity contribution is 5.82. The lowest BCUT2D eigenvalue weighted by Gasteiger charge is -2.38. The Morgan fingerprint density at radius 1 is 1.28 bits per heavy atom. The van der Waals surface area contributed by atoms with E-state index in [1.807, 2.05) is 0 Å². The molecule has 2 aliphatic carbocycles. The lowest BCUT2D eigenvalue weighted by atomic mass is 9.77. The minimum Gasteiger partial charge on any atom is -0.354 e. The van der Waals surface area contributed by atoms with Crippen molar-refractivity contribution in [2.45, 2.75) is 58.4 Å². The third-order valence-electron chi connectivity index (χ3n) is 5.34. The zero-order chi connectivity index (χ0) is 12.8. The molecule has 3 heteroatoms. The van der Waals surface area contributed by atoms with E-state index in [1.165, 1.54) is 32.1 Å². The van der Waals surface area contributed by atoms with Crippen molar-refractivity contribution in [1.82, 2.24) is 10.6 Å². The topological polar surface area (TPSA) is 41.1 Å². The predicted molar refractivity (Wildman–Crippen MR) is 72.2 cm³/mol. The van der Waals surface area contributed by atoms with Gasteiger partial charge in [0.05, 0.1) is 6.04 Å². The van der Waals surface area contributed by atoms with Gasteiger partial charge in [0.15, 0.2) is 0 Å². The first kappa shape index (κ1) is 12.5. The van der Waals surface area contributed by atoms with Gasteiger partial charge in [-0.15, -0.1) is 0 Å². The summed E-state index contributed by atoms with van der Waals surface area (Å²) in [6.45, 7) is 6.31. The molecule has 3 aliphatic rings. The number of amides is 1. The summed E-state index contributed by atoms with van der Waals surface area (Å²) >= 11 is 0. The highest BCUT2D eigenvalue weighted by Gasteiger charge is 2.53. The van der Waals surface area contributed by atoms with Crippen LogP contribution in [0.4, 0.5) is 0 Å². The lowest BCUT2D eigenvalue weighted by Crippen LogP contribution is -2.56. The smallest absolute Gasteiger partial charge is 0.237 e. The molecule has 0 aromatic rings. The molecule has 2 saturated carbocycles. The van der Waals surface area contributed by atoms with Gasteiger partial charge in [0.2, 0.25) is 5.91 Å². The van der Waals surface area contributed by atoms with Crippen molar-refractivity contribution in [3.63, 3.8) is 0 Å². The molecule has 3 nitrogen and oxygen atoms in total. The largest absolute Gasteiger partial charge is 0.354 e. The van der Waals surface area contributed by atoms with Gasteiger partial charge in [-0.1, -0.05) is 13.8 Å². The number of rotatable bonds is 4. The molecular weight excluding hydrogens is 224 g/mol. The average Bonchev–Trinajstić information content (AvgIpc) is 3.16. The molecule has 1 amide bonds. The first-order valence-corrected chi connectivity index (χ1v) is 7.55. The van der Waals surface area contributed by atoms with Gasteiger partial charge in [0.25, 0.3) is 0 Å². The van der Waals surface area contributed by atoms with Crippen molar-refractivity contribution < 1.29 is 4.79 Å². The monoisotopic (exact) mass is 250 g/mol. The molecule has 3 rings (SSSR count). The summed E-state index contributed by atoms with van der Waals surface area (Å²) in [5.41, 5.74) is 0.604. The fraction of sp³-hybridized carbons (Fsp3) is 0.933. The summed E-state index contributed by atoms with van der Waals surface area (Å²) in [7, 11) is 0. The number of hydrogen-bond donors (Lipinski definition) is 2. The number of carbonyl (C=O) groups excluding carboxylic acids is 1. The minimum atomic E-state index is 0.00116. The molecule has 1 heterocycles. The zero-order valence-corrected chi connectivity index (χ0v) is 11.7. The molecule has 1 unspecified atom stereocenters. The van der Waals surface area contributed by atoms with Gasteiger partial charge < -0.3 is 10.6 Å². The second kappa shape index (κ2) is 4.22. The minimum absolute atomic E-state index is 0.00116. The van der Waals surface area contributed by atoms with Crippen molar-refractivity contribution in [3.8, 4) is 0 Å². The van der Waals surface area contributed by atoms with Crippen LogP contribution < -0.4 is 10.6 Å². The number of carbonyl (C=O) groups is 1. The maximum Gasteiger partial charge on any atom is 0.237 e. The summed E-state index contributed by atoms with van der Waals surface area (Å²) in [5, 5.41) is 6.63. The molecule has 3 fully saturated rings. The van der Waals surface area contributed by atoms with Gasteiger partial charge in [0.1, 0.15) is 0 Å². The van der Waals surface area contributed by atoms with Crippen molar-refractivity contribution >= 4 is 5.91 Å². The van der Waals surface area contributed by atoms with Crippen LogP contribution in [-0.4, -0.2) is 25.0 Å². The van der Waals surface area contributed by atoms with Crippen molar-refractivity contribution in [3.05, 3.63) is 0 Å². The zero-order valence-electron chi connectivity index (χ0n) is 11.7. The summed E-state index contributed by atoms with van der Waals surface area (Å²) in [6.07, 6.45) is 7.78. The van der Waals surface area contributed by atoms with Crippen molar-refractivity contribution in [2.24, 2.45) is 16.7 Å². The van der Waals surface area contributed by atoms with Gasteiger partial charge in [-0.05, 0) is 61.8 Å². The predicted octanol–water partition coefficient (Wildman–Crippen LogP) is 2.07. The molecular formula is C15H26N2O. The van der Waals surface area contributed by atoms with Crippen molar-refractivity contribution in [2.75, 3.05) is 13.1 Å². The van der Waals surface area contributed by atoms with Crippen LogP contribution in [0.2, 0.25) is 0 Å². The van der Waals surface area contributed by atoms with E-state index in [0.717, 1.165) is 25.4 Å². The van der Waals surface area contributed by atoms with E-state index in [-0.39, 0.29) is 17.4 Å². The average molecular weight is 250 g/mol. The molecule has 0 aromatic heterocycles. The summed E-state index contributed by atoms with van der Waals surface area (Å²) < 4.78 is 0. The second-order valence-electron chi connectivity index (χ2n) is 7.33. The molecule has 0 spiro atoms. The van der Waals surface area contributed by atoms with E-state index in [4.69, 9.17) is 0 Å². The third-order valence-corrected chi connectivity index (χ3v) is 5.34. The van der Waals surface area contributed by atoms with Crippen molar-refractivity contribution in [1.29, 1.82) is 0 Å². The van der Waals surface area contributed by atoms with Crippen LogP contribution in [0.5, 0.6) is 0 Å². The Bertz CT molecular complexity index is 342. The Morgan fingerprint density at radius 3 is 2.56 bits per heavy atom. The molecule has 0 aromatic carbocycles. The standard InChI is InChI=1S/C15H26N2O/c1-14(2)6-3-9-16-12(14)13(18)17-10-15(7-8-15)11-4-5-11/h11-12,16H,3-10H2,1-2H3,(H,17,18). The fourth-order valence-electron chi connectivity index (χ4n) is 3.61. The second-order valence-corrected chi connectivity index (χ2v) is 7.33. The Hall–Kier alpha value is -0.570. The fourth-order valence-corrected chi connectivity index (χ4v) is 3.61. The Kier molecular flexibility index (Phi) is 2.92. The number of hydrogen-bond acceptors (Lipinski definition) is 2. The first-order chi connectivity index (χ1) is 8.54. The molecule has 1 aliphatic heterocycles. The highest BCUT2D eigenvalue weighted by atomic mass is 16.2. The normalized spacial score (nSPS) is 32.9. The maximum atomic E-state index is 12.4. The van der Waals surface area contributed by atoms with E-state index in [1.54, 1.807) is 0 Å². The van der Waals surface area contributed by atoms with E-state index < -0.39 is 0 Å². The summed E-state index contributed by atoms with van der Waals surface area (Å²) in [4.78, 5) is 12.4. The summed E-state index contributed by atoms with van der Waals surface area (Å²) in [6, 6.07) is 0.00116. The van der Waals surface area contributed by atoms with Crippen LogP contribution >= 0.6 is 0 Å². The molecule has 1 saturated heterocycles. The summed E-state index contributed by atoms with van der Waals surface area (Å²) in [5.74, 6) is 1.15. The van der Waals surface area contributed by atoms with Crippen LogP contribution in [0.3, 0.4) is 0 Å². The number of piperidine rings is 1. The third kappa shape index (κ3) is 2.29. The lowest BCUT2D eigenvalue weighted by molar-refractivity contribution is -0.127. The van der Waals surface area contributed by atoms with Crippen LogP contribution in [-0.2, 0) is 4.79 Å². The molecule has 1 atom stereocenters. The van der Waals surface area contributed by atoms with Crippen LogP contribution in [0.15, 0.2) is 0 Å². The van der Waals surface area contributed by atoms with E-state index in [9.17, 15) is 4.79 Å². The van der Waals surface area contributed by atoms with Crippen LogP contribution in [0.25, 0.3) is 0 Å². The van der Waals surface area contributed by atoms with E-state index in [2.05, 4.69) is 24.5 Å². The molecule has 0 radical (unpaired) electrons. The Morgan fingerprint density at radius 2 is 2.00 bits per heavy atom. The van der Waals surface area contributed by atoms with E-state index in [0.29, 0.717) is 5.41 Å². The maximum absolute atomic E-state index is 12.4. The van der Waals surface area contributed by atoms with Crippen LogP contribution in [0.1, 0.15) is 52.4 Å². The molecule has 18 heavy (non-hydrogen) atoms. The molecule has 2 N–H and O–H groups in total. The van der Waals surface area contributed by atoms with E-state index >= 15 is 0 Å². The van der Waals surface area contributed by atoms with Crippen LogP contribution in [0, 0.1) is 16.7 Å². The van der Waals surface area contributed by atoms with Gasteiger partial charge in [-0.3, -0.25) is 4.79 Å². The highest BCUT2D eigenvalue weighted by Crippen LogP contribution is 2.60. The van der Waals surface area contributed by atoms with Gasteiger partial charge in [0, 0.05) is 6.54 Å². The molecule has 0 bridgehead atoms. The van der Waals surface area contributed by atoms with Gasteiger partial charge in [-0.25, -0.2) is 0 Å². The van der Waals surface area contributed by atoms with Gasteiger partial charge >= 0.3 is 0 Å². The molecule has 102 valence electrons. The van der Waals surface area contributed by atoms with Gasteiger partial charge in [-0.2, -0.15) is 0 Å². The SMILES string of the molecule is CC1(C)CCCNC1C(=O)NCC1(C2CC2)CC1. The Balaban J connectivity index is 1.54. The first-order valence-electron chi connectivity index (χ1n) is 7.55. The Labute approximate surface area is 110 Å². The quantitative estimate of drug-likeness (QED) is 0.802.